The van der Waals surface area contributed by atoms with Gasteiger partial charge in [0.2, 0.25) is 0 Å². The average molecular weight is 307 g/mol. The van der Waals surface area contributed by atoms with E-state index in [1.807, 2.05) is 6.92 Å². The number of benzene rings is 1. The van der Waals surface area contributed by atoms with Gasteiger partial charge in [-0.25, -0.2) is 4.79 Å². The second-order valence-corrected chi connectivity index (χ2v) is 6.47. The Bertz CT molecular complexity index is 526. The first-order valence-electron chi connectivity index (χ1n) is 7.66. The largest absolute Gasteiger partial charge is 0.478 e. The summed E-state index contributed by atoms with van der Waals surface area (Å²) in [7, 11) is 0. The highest BCUT2D eigenvalue weighted by Crippen LogP contribution is 2.51. The lowest BCUT2D eigenvalue weighted by Gasteiger charge is -2.60. The zero-order chi connectivity index (χ0) is 16.4. The molecule has 0 amide bonds. The van der Waals surface area contributed by atoms with Gasteiger partial charge in [-0.05, 0) is 31.0 Å². The summed E-state index contributed by atoms with van der Waals surface area (Å²) in [5, 5.41) is 22.2. The van der Waals surface area contributed by atoms with Gasteiger partial charge >= 0.3 is 5.97 Å². The maximum Gasteiger partial charge on any atom is 0.335 e. The van der Waals surface area contributed by atoms with Crippen molar-refractivity contribution in [3.05, 3.63) is 35.4 Å². The molecule has 0 bridgehead atoms. The maximum atomic E-state index is 10.9. The van der Waals surface area contributed by atoms with E-state index in [9.17, 15) is 9.90 Å². The normalized spacial score (nSPS) is 26.5. The summed E-state index contributed by atoms with van der Waals surface area (Å²) in [5.74, 6) is -0.925. The summed E-state index contributed by atoms with van der Waals surface area (Å²) in [6, 6.07) is 6.79. The first kappa shape index (κ1) is 16.9. The van der Waals surface area contributed by atoms with Crippen molar-refractivity contribution < 1.29 is 19.7 Å². The van der Waals surface area contributed by atoms with E-state index in [2.05, 4.69) is 19.2 Å². The molecule has 1 aromatic rings. The van der Waals surface area contributed by atoms with Crippen LogP contribution in [0.1, 0.15) is 43.1 Å². The Hall–Kier alpha value is -1.43. The van der Waals surface area contributed by atoms with Crippen molar-refractivity contribution in [3.63, 3.8) is 0 Å². The van der Waals surface area contributed by atoms with E-state index in [1.54, 1.807) is 24.3 Å². The number of hydrogen-bond acceptors (Lipinski definition) is 4. The van der Waals surface area contributed by atoms with Crippen LogP contribution >= 0.6 is 0 Å². The third kappa shape index (κ3) is 2.89. The Labute approximate surface area is 131 Å². The van der Waals surface area contributed by atoms with Crippen molar-refractivity contribution in [3.8, 4) is 0 Å². The van der Waals surface area contributed by atoms with E-state index >= 15 is 0 Å². The average Bonchev–Trinajstić information content (AvgIpc) is 2.50. The van der Waals surface area contributed by atoms with Crippen molar-refractivity contribution in [1.29, 1.82) is 0 Å². The van der Waals surface area contributed by atoms with E-state index in [0.29, 0.717) is 13.2 Å². The summed E-state index contributed by atoms with van der Waals surface area (Å²) in [6.07, 6.45) is 0.920. The molecule has 1 aromatic carbocycles. The predicted octanol–water partition coefficient (Wildman–Crippen LogP) is 2.04. The molecule has 0 radical (unpaired) electrons. The molecular formula is C17H25NO4. The van der Waals surface area contributed by atoms with E-state index in [1.165, 1.54) is 0 Å². The van der Waals surface area contributed by atoms with E-state index in [-0.39, 0.29) is 29.2 Å². The standard InChI is InChI=1S/C17H25NO4/c1-4-22-14-9-17(11-19,16(14,2)3)18-10-12-5-7-13(8-6-12)15(20)21/h5-8,14,18-19H,4,9-11H2,1-3H3,(H,20,21). The number of ether oxygens (including phenoxy) is 1. The number of hydrogen-bond donors (Lipinski definition) is 3. The SMILES string of the molecule is CCOC1CC(CO)(NCc2ccc(C(=O)O)cc2)C1(C)C. The number of carboxylic acid groups (broad SMARTS) is 1. The molecular weight excluding hydrogens is 282 g/mol. The minimum Gasteiger partial charge on any atom is -0.478 e. The lowest BCUT2D eigenvalue weighted by atomic mass is 9.54. The van der Waals surface area contributed by atoms with Crippen LogP contribution in [0.25, 0.3) is 0 Å². The molecule has 0 aliphatic heterocycles. The Kier molecular flexibility index (Phi) is 4.90. The van der Waals surface area contributed by atoms with E-state index in [4.69, 9.17) is 9.84 Å². The van der Waals surface area contributed by atoms with Gasteiger partial charge in [-0.2, -0.15) is 0 Å². The van der Waals surface area contributed by atoms with E-state index < -0.39 is 5.97 Å². The topological polar surface area (TPSA) is 78.8 Å². The van der Waals surface area contributed by atoms with Crippen LogP contribution in [-0.4, -0.2) is 41.0 Å². The van der Waals surface area contributed by atoms with Gasteiger partial charge in [0.15, 0.2) is 0 Å². The van der Waals surface area contributed by atoms with Gasteiger partial charge in [0, 0.05) is 18.6 Å². The molecule has 0 saturated heterocycles. The molecule has 22 heavy (non-hydrogen) atoms. The van der Waals surface area contributed by atoms with Crippen LogP contribution in [0, 0.1) is 5.41 Å². The third-order valence-corrected chi connectivity index (χ3v) is 5.04. The summed E-state index contributed by atoms with van der Waals surface area (Å²) in [6.45, 7) is 7.50. The molecule has 0 aromatic heterocycles. The highest BCUT2D eigenvalue weighted by Gasteiger charge is 2.60. The molecule has 2 unspecified atom stereocenters. The van der Waals surface area contributed by atoms with Gasteiger partial charge in [-0.3, -0.25) is 0 Å². The van der Waals surface area contributed by atoms with Crippen LogP contribution in [0.4, 0.5) is 0 Å². The lowest BCUT2D eigenvalue weighted by Crippen LogP contribution is -2.73. The third-order valence-electron chi connectivity index (χ3n) is 5.04. The molecule has 122 valence electrons. The second kappa shape index (κ2) is 6.36. The zero-order valence-corrected chi connectivity index (χ0v) is 13.4. The number of carbonyl (C=O) groups is 1. The predicted molar refractivity (Wildman–Crippen MR) is 83.9 cm³/mol. The maximum absolute atomic E-state index is 10.9. The molecule has 0 heterocycles. The van der Waals surface area contributed by atoms with Gasteiger partial charge in [0.05, 0.1) is 23.8 Å². The van der Waals surface area contributed by atoms with Crippen LogP contribution < -0.4 is 5.32 Å². The number of aliphatic hydroxyl groups excluding tert-OH is 1. The fourth-order valence-corrected chi connectivity index (χ4v) is 3.14. The van der Waals surface area contributed by atoms with Crippen molar-refractivity contribution in [2.24, 2.45) is 5.41 Å². The number of nitrogens with one attached hydrogen (secondary N) is 1. The number of rotatable bonds is 7. The van der Waals surface area contributed by atoms with Crippen LogP contribution in [0.5, 0.6) is 0 Å². The van der Waals surface area contributed by atoms with Crippen LogP contribution in [0.15, 0.2) is 24.3 Å². The van der Waals surface area contributed by atoms with Crippen LogP contribution in [-0.2, 0) is 11.3 Å². The van der Waals surface area contributed by atoms with Crippen molar-refractivity contribution >= 4 is 5.97 Å². The molecule has 1 aliphatic rings. The minimum absolute atomic E-state index is 0.0524. The van der Waals surface area contributed by atoms with Gasteiger partial charge < -0.3 is 20.3 Å². The Balaban J connectivity index is 2.01. The van der Waals surface area contributed by atoms with Gasteiger partial charge in [-0.1, -0.05) is 26.0 Å². The monoisotopic (exact) mass is 307 g/mol. The highest BCUT2D eigenvalue weighted by atomic mass is 16.5. The molecule has 1 saturated carbocycles. The summed E-state index contributed by atoms with van der Waals surface area (Å²) >= 11 is 0. The quantitative estimate of drug-likeness (QED) is 0.718. The Morgan fingerprint density at radius 3 is 2.45 bits per heavy atom. The molecule has 2 atom stereocenters. The molecule has 1 aliphatic carbocycles. The van der Waals surface area contributed by atoms with E-state index in [0.717, 1.165) is 12.0 Å². The zero-order valence-electron chi connectivity index (χ0n) is 13.4. The molecule has 5 heteroatoms. The summed E-state index contributed by atoms with van der Waals surface area (Å²) < 4.78 is 5.73. The first-order valence-corrected chi connectivity index (χ1v) is 7.66. The highest BCUT2D eigenvalue weighted by molar-refractivity contribution is 5.87. The fourth-order valence-electron chi connectivity index (χ4n) is 3.14. The fraction of sp³-hybridized carbons (Fsp3) is 0.588. The lowest BCUT2D eigenvalue weighted by molar-refractivity contribution is -0.177. The van der Waals surface area contributed by atoms with Crippen molar-refractivity contribution in [2.45, 2.75) is 45.4 Å². The molecule has 5 nitrogen and oxygen atoms in total. The molecule has 2 rings (SSSR count). The van der Waals surface area contributed by atoms with Crippen molar-refractivity contribution in [2.75, 3.05) is 13.2 Å². The summed E-state index contributed by atoms with van der Waals surface area (Å²) in [5.41, 5.74) is 0.756. The molecule has 1 fully saturated rings. The van der Waals surface area contributed by atoms with Crippen LogP contribution in [0.2, 0.25) is 0 Å². The first-order chi connectivity index (χ1) is 10.4. The van der Waals surface area contributed by atoms with Crippen molar-refractivity contribution in [1.82, 2.24) is 5.32 Å². The van der Waals surface area contributed by atoms with Gasteiger partial charge in [-0.15, -0.1) is 0 Å². The van der Waals surface area contributed by atoms with Gasteiger partial charge in [0.1, 0.15) is 0 Å². The number of carboxylic acids is 1. The number of aliphatic hydroxyl groups is 1. The second-order valence-electron chi connectivity index (χ2n) is 6.47. The molecule has 0 spiro atoms. The molecule has 3 N–H and O–H groups in total. The summed E-state index contributed by atoms with van der Waals surface area (Å²) in [4.78, 5) is 10.9. The Morgan fingerprint density at radius 2 is 2.00 bits per heavy atom. The van der Waals surface area contributed by atoms with Crippen LogP contribution in [0.3, 0.4) is 0 Å². The van der Waals surface area contributed by atoms with Gasteiger partial charge in [0.25, 0.3) is 0 Å². The smallest absolute Gasteiger partial charge is 0.335 e. The minimum atomic E-state index is -0.925. The number of aromatic carboxylic acids is 1. The Morgan fingerprint density at radius 1 is 1.36 bits per heavy atom.